The Bertz CT molecular complexity index is 2780. The summed E-state index contributed by atoms with van der Waals surface area (Å²) in [5.74, 6) is 2.39. The van der Waals surface area contributed by atoms with Crippen molar-refractivity contribution < 1.29 is 45.3 Å². The molecule has 3 aromatic rings. The highest BCUT2D eigenvalue weighted by Crippen LogP contribution is 2.45. The highest BCUT2D eigenvalue weighted by molar-refractivity contribution is 7.90. The normalized spacial score (nSPS) is 24.0. The van der Waals surface area contributed by atoms with Crippen LogP contribution in [0.3, 0.4) is 0 Å². The molecule has 69 heavy (non-hydrogen) atoms. The third kappa shape index (κ3) is 9.66. The van der Waals surface area contributed by atoms with Gasteiger partial charge in [-0.05, 0) is 87.1 Å². The Balaban J connectivity index is 1.31. The van der Waals surface area contributed by atoms with Crippen molar-refractivity contribution in [3.63, 3.8) is 0 Å². The molecule has 5 aliphatic rings. The molecule has 2 aromatic carbocycles. The van der Waals surface area contributed by atoms with Crippen LogP contribution in [0.2, 0.25) is 16.6 Å². The lowest BCUT2D eigenvalue weighted by Crippen LogP contribution is -2.67. The number of benzene rings is 2. The van der Waals surface area contributed by atoms with Crippen molar-refractivity contribution in [1.82, 2.24) is 19.8 Å². The van der Waals surface area contributed by atoms with E-state index in [1.807, 2.05) is 4.90 Å². The predicted octanol–water partition coefficient (Wildman–Crippen LogP) is 7.62. The van der Waals surface area contributed by atoms with Crippen molar-refractivity contribution in [3.05, 3.63) is 46.2 Å². The van der Waals surface area contributed by atoms with Crippen LogP contribution < -0.4 is 29.8 Å². The van der Waals surface area contributed by atoms with Crippen molar-refractivity contribution >= 4 is 58.3 Å². The summed E-state index contributed by atoms with van der Waals surface area (Å²) in [6, 6.07) is 5.86. The smallest absolute Gasteiger partial charge is 0.411 e. The lowest BCUT2D eigenvalue weighted by Gasteiger charge is -2.49. The lowest BCUT2D eigenvalue weighted by atomic mass is 9.95. The maximum absolute atomic E-state index is 18.1. The average Bonchev–Trinajstić information content (AvgIpc) is 3.86. The van der Waals surface area contributed by atoms with Crippen LogP contribution in [0.25, 0.3) is 22.8 Å². The van der Waals surface area contributed by atoms with Crippen molar-refractivity contribution in [3.8, 4) is 23.2 Å². The van der Waals surface area contributed by atoms with E-state index in [9.17, 15) is 17.6 Å². The predicted molar refractivity (Wildman–Crippen MR) is 266 cm³/mol. The molecular formula is C51H69F3N6O7SSi. The number of halogens is 3. The van der Waals surface area contributed by atoms with Crippen molar-refractivity contribution in [2.24, 2.45) is 0 Å². The molecule has 0 spiro atoms. The molecule has 0 saturated carbocycles. The molecule has 2 bridgehead atoms. The van der Waals surface area contributed by atoms with Gasteiger partial charge in [-0.3, -0.25) is 9.80 Å². The molecule has 376 valence electrons. The molecule has 6 heterocycles. The lowest BCUT2D eigenvalue weighted by molar-refractivity contribution is -0.00219. The molecule has 5 aliphatic heterocycles. The number of rotatable bonds is 13. The summed E-state index contributed by atoms with van der Waals surface area (Å²) in [6.45, 7) is 19.7. The Morgan fingerprint density at radius 2 is 1.72 bits per heavy atom. The minimum absolute atomic E-state index is 0.0456. The molecule has 18 heteroatoms. The van der Waals surface area contributed by atoms with Gasteiger partial charge in [0.05, 0.1) is 34.1 Å². The van der Waals surface area contributed by atoms with Crippen LogP contribution in [0, 0.1) is 17.3 Å². The van der Waals surface area contributed by atoms with Gasteiger partial charge < -0.3 is 28.7 Å². The van der Waals surface area contributed by atoms with E-state index in [-0.39, 0.29) is 72.3 Å². The van der Waals surface area contributed by atoms with Gasteiger partial charge >= 0.3 is 12.1 Å². The first-order chi connectivity index (χ1) is 32.4. The molecule has 13 nitrogen and oxygen atoms in total. The quantitative estimate of drug-likeness (QED) is 0.0724. The summed E-state index contributed by atoms with van der Waals surface area (Å²) >= 11 is 0. The third-order valence-corrected chi connectivity index (χ3v) is 22.5. The van der Waals surface area contributed by atoms with Crippen molar-refractivity contribution in [2.45, 2.75) is 140 Å². The number of sulfone groups is 1. The van der Waals surface area contributed by atoms with E-state index in [2.05, 4.69) is 57.9 Å². The summed E-state index contributed by atoms with van der Waals surface area (Å²) in [6.07, 6.45) is 4.15. The Kier molecular flexibility index (Phi) is 13.9. The van der Waals surface area contributed by atoms with Gasteiger partial charge in [-0.25, -0.2) is 22.0 Å². The second kappa shape index (κ2) is 18.9. The fourth-order valence-corrected chi connectivity index (χ4v) is 19.0. The van der Waals surface area contributed by atoms with E-state index in [1.54, 1.807) is 49.9 Å². The number of methoxy groups -OCH3 is 1. The van der Waals surface area contributed by atoms with Gasteiger partial charge in [-0.1, -0.05) is 59.6 Å². The highest BCUT2D eigenvalue weighted by Gasteiger charge is 2.57. The van der Waals surface area contributed by atoms with E-state index in [4.69, 9.17) is 28.9 Å². The summed E-state index contributed by atoms with van der Waals surface area (Å²) in [5, 5.41) is 1.25. The number of aromatic nitrogens is 2. The number of carbonyl (C=O) groups is 1. The Morgan fingerprint density at radius 1 is 1.00 bits per heavy atom. The van der Waals surface area contributed by atoms with E-state index in [1.165, 1.54) is 18.1 Å². The van der Waals surface area contributed by atoms with Crippen molar-refractivity contribution in [1.29, 1.82) is 0 Å². The highest BCUT2D eigenvalue weighted by atomic mass is 32.2. The van der Waals surface area contributed by atoms with Gasteiger partial charge in [0.1, 0.15) is 59.0 Å². The fraction of sp³-hybridized carbons (Fsp3) is 0.627. The van der Waals surface area contributed by atoms with Crippen LogP contribution in [0.4, 0.5) is 29.5 Å². The molecule has 1 amide bonds. The number of nitrogens with zero attached hydrogens (tertiary/aromatic N) is 6. The number of anilines is 2. The molecule has 8 rings (SSSR count). The van der Waals surface area contributed by atoms with E-state index in [0.29, 0.717) is 59.1 Å². The molecule has 0 N–H and O–H groups in total. The van der Waals surface area contributed by atoms with E-state index >= 15 is 8.78 Å². The summed E-state index contributed by atoms with van der Waals surface area (Å²) in [5.41, 5.74) is 2.38. The van der Waals surface area contributed by atoms with Gasteiger partial charge in [0.25, 0.3) is 0 Å². The molecule has 0 unspecified atom stereocenters. The standard InChI is InChI=1S/C51H69F3N6O7SSi/c1-32(2)69(33(3)4,34(5)6)22-17-39-41(53)14-13-35-23-38(66-31-64-10)24-42(43(35)39)59-21-16-40-44(45(59)54)55-47(65-29-50-18-12-20-58(50)26-36(52)25-50)56-46(40)57-27-37-15-19-51(28-57,30-68(11,62)63)60(37)48(61)67-49(7,8)9/h13-14,16,23-24,32-34,36-37H,12,15,18-21,25-31H2,1-11H3/t36-,37+,50+,51-/m1/s1. The first-order valence-electron chi connectivity index (χ1n) is 24.3. The van der Waals surface area contributed by atoms with Crippen molar-refractivity contribution in [2.75, 3.05) is 75.0 Å². The first kappa shape index (κ1) is 50.8. The van der Waals surface area contributed by atoms with Gasteiger partial charge in [0.2, 0.25) is 5.95 Å². The zero-order valence-corrected chi connectivity index (χ0v) is 43.9. The second-order valence-corrected chi connectivity index (χ2v) is 29.7. The monoisotopic (exact) mass is 994 g/mol. The molecule has 4 fully saturated rings. The van der Waals surface area contributed by atoms with Gasteiger partial charge in [0.15, 0.2) is 6.79 Å². The zero-order valence-electron chi connectivity index (χ0n) is 42.0. The van der Waals surface area contributed by atoms with E-state index < -0.39 is 64.7 Å². The summed E-state index contributed by atoms with van der Waals surface area (Å²) < 4.78 is 99.6. The van der Waals surface area contributed by atoms with Crippen LogP contribution in [-0.4, -0.2) is 136 Å². The van der Waals surface area contributed by atoms with Crippen LogP contribution in [0.5, 0.6) is 11.8 Å². The third-order valence-electron chi connectivity index (χ3n) is 15.1. The van der Waals surface area contributed by atoms with Gasteiger partial charge in [0, 0.05) is 62.6 Å². The molecule has 0 aliphatic carbocycles. The molecule has 4 saturated heterocycles. The largest absolute Gasteiger partial charge is 0.467 e. The summed E-state index contributed by atoms with van der Waals surface area (Å²) in [7, 11) is -4.51. The zero-order chi connectivity index (χ0) is 50.0. The number of carbonyl (C=O) groups excluding carboxylic acids is 1. The second-order valence-electron chi connectivity index (χ2n) is 21.9. The number of hydrogen-bond acceptors (Lipinski definition) is 12. The number of piperazine rings is 1. The van der Waals surface area contributed by atoms with Gasteiger partial charge in [-0.15, -0.1) is 5.54 Å². The minimum atomic E-state index is -3.65. The van der Waals surface area contributed by atoms with Gasteiger partial charge in [-0.2, -0.15) is 14.4 Å². The average molecular weight is 995 g/mol. The number of alkyl halides is 1. The van der Waals surface area contributed by atoms with E-state index in [0.717, 1.165) is 25.6 Å². The van der Waals surface area contributed by atoms with Crippen LogP contribution in [0.1, 0.15) is 100.0 Å². The maximum atomic E-state index is 18.1. The Morgan fingerprint density at radius 3 is 2.39 bits per heavy atom. The van der Waals surface area contributed by atoms with Crippen LogP contribution in [0.15, 0.2) is 24.3 Å². The molecule has 0 radical (unpaired) electrons. The topological polar surface area (TPSA) is 127 Å². The fourth-order valence-electron chi connectivity index (χ4n) is 12.4. The molecule has 4 atom stereocenters. The SMILES string of the molecule is COCOc1cc(N2CC=c3c(N4C[C@@H]5CC[C@](CS(C)(=O)=O)(C4)N5C(=O)OC(C)(C)C)nc(OC[C@@]45CCCN4C[C@H](F)C5)nc3=C2F)c2c(C#C[Si](C(C)C)(C(C)C)C(C)C)c(F)ccc2c1. The number of fused-ring (bicyclic) bond motifs is 5. The Labute approximate surface area is 406 Å². The molecule has 1 aromatic heterocycles. The minimum Gasteiger partial charge on any atom is -0.467 e. The first-order valence-corrected chi connectivity index (χ1v) is 28.6. The Hall–Kier alpha value is -4.57. The number of hydrogen-bond donors (Lipinski definition) is 0. The number of amides is 1. The van der Waals surface area contributed by atoms with Crippen LogP contribution >= 0.6 is 0 Å². The molecular weight excluding hydrogens is 926 g/mol. The maximum Gasteiger partial charge on any atom is 0.411 e. The number of ether oxygens (including phenoxy) is 4. The summed E-state index contributed by atoms with van der Waals surface area (Å²) in [4.78, 5) is 30.7. The van der Waals surface area contributed by atoms with Crippen LogP contribution in [-0.2, 0) is 19.3 Å².